The van der Waals surface area contributed by atoms with Crippen LogP contribution in [0.15, 0.2) is 42.5 Å². The first-order valence-corrected chi connectivity index (χ1v) is 11.0. The average molecular weight is 492 g/mol. The van der Waals surface area contributed by atoms with Crippen LogP contribution in [0.4, 0.5) is 13.2 Å². The lowest BCUT2D eigenvalue weighted by Gasteiger charge is -2.44. The van der Waals surface area contributed by atoms with Gasteiger partial charge < -0.3 is 10.2 Å². The number of halogens is 4. The molecular formula is C25H25ClF3N3O2. The molecule has 1 saturated heterocycles. The van der Waals surface area contributed by atoms with Gasteiger partial charge in [-0.25, -0.2) is 0 Å². The van der Waals surface area contributed by atoms with Crippen molar-refractivity contribution < 1.29 is 22.8 Å². The Morgan fingerprint density at radius 1 is 1.15 bits per heavy atom. The van der Waals surface area contributed by atoms with E-state index >= 15 is 0 Å². The zero-order chi connectivity index (χ0) is 25.6. The topological polar surface area (TPSA) is 73.2 Å². The Bertz CT molecular complexity index is 1170. The number of benzene rings is 2. The number of hydrogen-bond acceptors (Lipinski definition) is 3. The Labute approximate surface area is 201 Å². The summed E-state index contributed by atoms with van der Waals surface area (Å²) in [6.45, 7) is 8.45. The summed E-state index contributed by atoms with van der Waals surface area (Å²) in [5.41, 5.74) is -2.15. The lowest BCUT2D eigenvalue weighted by atomic mass is 9.74. The normalized spacial score (nSPS) is 21.7. The minimum absolute atomic E-state index is 0.128. The van der Waals surface area contributed by atoms with Gasteiger partial charge in [0.25, 0.3) is 0 Å². The van der Waals surface area contributed by atoms with Gasteiger partial charge in [-0.2, -0.15) is 18.4 Å². The zero-order valence-corrected chi connectivity index (χ0v) is 20.2. The van der Waals surface area contributed by atoms with E-state index in [1.165, 1.54) is 30.0 Å². The van der Waals surface area contributed by atoms with Crippen LogP contribution in [0.5, 0.6) is 0 Å². The van der Waals surface area contributed by atoms with Crippen molar-refractivity contribution in [3.63, 3.8) is 0 Å². The van der Waals surface area contributed by atoms with Gasteiger partial charge in [-0.05, 0) is 48.4 Å². The molecule has 0 aromatic heterocycles. The number of rotatable bonds is 3. The summed E-state index contributed by atoms with van der Waals surface area (Å²) in [5.74, 6) is -1.90. The average Bonchev–Trinajstić information content (AvgIpc) is 2.99. The Morgan fingerprint density at radius 2 is 1.74 bits per heavy atom. The molecule has 3 atom stereocenters. The quantitative estimate of drug-likeness (QED) is 0.618. The number of amides is 2. The van der Waals surface area contributed by atoms with Crippen molar-refractivity contribution in [1.29, 1.82) is 5.26 Å². The predicted molar refractivity (Wildman–Crippen MR) is 122 cm³/mol. The van der Waals surface area contributed by atoms with Crippen LogP contribution in [-0.2, 0) is 15.8 Å². The maximum atomic E-state index is 13.6. The largest absolute Gasteiger partial charge is 0.416 e. The van der Waals surface area contributed by atoms with E-state index in [4.69, 9.17) is 11.6 Å². The van der Waals surface area contributed by atoms with Gasteiger partial charge in [-0.15, -0.1) is 0 Å². The number of hydrogen-bond donors (Lipinski definition) is 1. The van der Waals surface area contributed by atoms with Crippen LogP contribution >= 0.6 is 11.6 Å². The summed E-state index contributed by atoms with van der Waals surface area (Å²) in [7, 11) is 0. The second-order valence-electron chi connectivity index (χ2n) is 9.72. The zero-order valence-electron chi connectivity index (χ0n) is 19.4. The van der Waals surface area contributed by atoms with Gasteiger partial charge in [0.2, 0.25) is 11.8 Å². The van der Waals surface area contributed by atoms with Gasteiger partial charge >= 0.3 is 6.18 Å². The minimum atomic E-state index is -4.66. The van der Waals surface area contributed by atoms with Crippen LogP contribution in [0.2, 0.25) is 5.02 Å². The molecule has 0 saturated carbocycles. The van der Waals surface area contributed by atoms with Crippen molar-refractivity contribution in [3.05, 3.63) is 69.7 Å². The Hall–Kier alpha value is -3.05. The van der Waals surface area contributed by atoms with Crippen LogP contribution in [-0.4, -0.2) is 28.4 Å². The number of nitrogens with zero attached hydrogens (tertiary/aromatic N) is 2. The van der Waals surface area contributed by atoms with Crippen molar-refractivity contribution in [3.8, 4) is 6.07 Å². The molecule has 9 heteroatoms. The van der Waals surface area contributed by atoms with Crippen LogP contribution in [0, 0.1) is 16.7 Å². The molecule has 0 bridgehead atoms. The number of nitriles is 1. The second kappa shape index (κ2) is 8.62. The first kappa shape index (κ1) is 25.6. The van der Waals surface area contributed by atoms with E-state index in [9.17, 15) is 28.0 Å². The van der Waals surface area contributed by atoms with Crippen LogP contribution < -0.4 is 5.32 Å². The molecule has 180 valence electrons. The molecule has 2 amide bonds. The molecule has 2 aromatic rings. The highest BCUT2D eigenvalue weighted by Crippen LogP contribution is 2.47. The molecular weight excluding hydrogens is 467 g/mol. The Morgan fingerprint density at radius 3 is 2.21 bits per heavy atom. The van der Waals surface area contributed by atoms with Gasteiger partial charge in [0.15, 0.2) is 0 Å². The fourth-order valence-electron chi connectivity index (χ4n) is 4.63. The van der Waals surface area contributed by atoms with E-state index in [0.717, 1.165) is 12.1 Å². The maximum absolute atomic E-state index is 13.6. The summed E-state index contributed by atoms with van der Waals surface area (Å²) in [4.78, 5) is 27.9. The molecule has 3 rings (SSSR count). The highest BCUT2D eigenvalue weighted by atomic mass is 35.5. The van der Waals surface area contributed by atoms with Gasteiger partial charge in [-0.3, -0.25) is 9.59 Å². The van der Waals surface area contributed by atoms with E-state index in [-0.39, 0.29) is 10.6 Å². The molecule has 1 heterocycles. The second-order valence-corrected chi connectivity index (χ2v) is 10.2. The monoisotopic (exact) mass is 491 g/mol. The first-order chi connectivity index (χ1) is 15.6. The van der Waals surface area contributed by atoms with E-state index in [1.807, 2.05) is 26.8 Å². The minimum Gasteiger partial charge on any atom is -0.333 e. The number of carbonyl (C=O) groups is 2. The van der Waals surface area contributed by atoms with Gasteiger partial charge in [0, 0.05) is 23.3 Å². The number of alkyl halides is 3. The lowest BCUT2D eigenvalue weighted by molar-refractivity contribution is -0.142. The summed E-state index contributed by atoms with van der Waals surface area (Å²) < 4.78 is 40.9. The van der Waals surface area contributed by atoms with E-state index in [2.05, 4.69) is 5.32 Å². The molecule has 1 aliphatic heterocycles. The molecule has 1 N–H and O–H groups in total. The molecule has 0 spiro atoms. The standard InChI is InChI=1S/C25H25ClF3N3O2/c1-14(33)32-21(23(2,3)4)31-22(34)24(32,5)20(16-8-6-15(13-30)7-9-16)17-10-18(25(27,28)29)12-19(26)11-17/h6-12,20-21H,1-5H3,(H,31,34)/t20?,21-,24+/m0/s1. The predicted octanol–water partition coefficient (Wildman–Crippen LogP) is 5.47. The molecule has 0 radical (unpaired) electrons. The van der Waals surface area contributed by atoms with Gasteiger partial charge in [-0.1, -0.05) is 44.5 Å². The van der Waals surface area contributed by atoms with E-state index in [0.29, 0.717) is 11.1 Å². The van der Waals surface area contributed by atoms with E-state index in [1.54, 1.807) is 19.1 Å². The van der Waals surface area contributed by atoms with E-state index < -0.39 is 46.6 Å². The number of nitrogens with one attached hydrogen (secondary N) is 1. The molecule has 1 fully saturated rings. The summed E-state index contributed by atoms with van der Waals surface area (Å²) >= 11 is 6.10. The molecule has 1 aliphatic rings. The van der Waals surface area contributed by atoms with Gasteiger partial charge in [0.1, 0.15) is 11.7 Å². The van der Waals surface area contributed by atoms with Crippen LogP contribution in [0.1, 0.15) is 62.8 Å². The smallest absolute Gasteiger partial charge is 0.333 e. The van der Waals surface area contributed by atoms with Crippen LogP contribution in [0.25, 0.3) is 0 Å². The van der Waals surface area contributed by atoms with Gasteiger partial charge in [0.05, 0.1) is 17.2 Å². The fraction of sp³-hybridized carbons (Fsp3) is 0.400. The SMILES string of the molecule is CC(=O)N1[C@@H](C(C)(C)C)NC(=O)[C@@]1(C)C(c1ccc(C#N)cc1)c1cc(Cl)cc(C(F)(F)F)c1. The van der Waals surface area contributed by atoms with Crippen molar-refractivity contribution >= 4 is 23.4 Å². The summed E-state index contributed by atoms with van der Waals surface area (Å²) in [6, 6.07) is 11.4. The number of carbonyl (C=O) groups excluding carboxylic acids is 2. The third-order valence-electron chi connectivity index (χ3n) is 6.16. The molecule has 34 heavy (non-hydrogen) atoms. The highest BCUT2D eigenvalue weighted by Gasteiger charge is 2.59. The van der Waals surface area contributed by atoms with Crippen molar-refractivity contribution in [1.82, 2.24) is 10.2 Å². The van der Waals surface area contributed by atoms with Crippen molar-refractivity contribution in [2.24, 2.45) is 5.41 Å². The Balaban J connectivity index is 2.34. The van der Waals surface area contributed by atoms with Crippen molar-refractivity contribution in [2.75, 3.05) is 0 Å². The van der Waals surface area contributed by atoms with Crippen LogP contribution in [0.3, 0.4) is 0 Å². The lowest BCUT2D eigenvalue weighted by Crippen LogP contribution is -2.57. The summed E-state index contributed by atoms with van der Waals surface area (Å²) in [6.07, 6.45) is -5.35. The maximum Gasteiger partial charge on any atom is 0.416 e. The third kappa shape index (κ3) is 4.49. The Kier molecular flexibility index (Phi) is 6.49. The molecule has 1 unspecified atom stereocenters. The van der Waals surface area contributed by atoms with Crippen molar-refractivity contribution in [2.45, 2.75) is 58.4 Å². The molecule has 2 aromatic carbocycles. The molecule has 0 aliphatic carbocycles. The fourth-order valence-corrected chi connectivity index (χ4v) is 4.87. The first-order valence-electron chi connectivity index (χ1n) is 10.6. The highest BCUT2D eigenvalue weighted by molar-refractivity contribution is 6.30. The summed E-state index contributed by atoms with van der Waals surface area (Å²) in [5, 5.41) is 11.9. The molecule has 5 nitrogen and oxygen atoms in total. The third-order valence-corrected chi connectivity index (χ3v) is 6.38.